The Morgan fingerprint density at radius 3 is 2.60 bits per heavy atom. The van der Waals surface area contributed by atoms with Crippen molar-refractivity contribution in [2.45, 2.75) is 32.2 Å². The Balaban J connectivity index is 2.78. The van der Waals surface area contributed by atoms with Crippen LogP contribution in [0.25, 0.3) is 0 Å². The molecule has 1 atom stereocenters. The maximum atomic E-state index is 13.5. The number of hydrogen-bond acceptors (Lipinski definition) is 2. The molecule has 0 aromatic heterocycles. The first-order chi connectivity index (χ1) is 9.28. The molecule has 7 heteroatoms. The van der Waals surface area contributed by atoms with Crippen LogP contribution in [0.2, 0.25) is 5.02 Å². The molecule has 1 aromatic rings. The Labute approximate surface area is 121 Å². The molecule has 0 saturated heterocycles. The van der Waals surface area contributed by atoms with Gasteiger partial charge in [-0.05, 0) is 31.5 Å². The maximum absolute atomic E-state index is 13.5. The van der Waals surface area contributed by atoms with Crippen molar-refractivity contribution in [3.63, 3.8) is 0 Å². The van der Waals surface area contributed by atoms with Crippen molar-refractivity contribution in [2.24, 2.45) is 0 Å². The third-order valence-corrected chi connectivity index (χ3v) is 3.03. The van der Waals surface area contributed by atoms with Crippen molar-refractivity contribution in [3.8, 4) is 0 Å². The van der Waals surface area contributed by atoms with E-state index in [0.29, 0.717) is 6.42 Å². The van der Waals surface area contributed by atoms with Crippen LogP contribution in [0.15, 0.2) is 18.2 Å². The molecule has 20 heavy (non-hydrogen) atoms. The second-order valence-electron chi connectivity index (χ2n) is 4.59. The maximum Gasteiger partial charge on any atom is 0.329 e. The highest BCUT2D eigenvalue weighted by molar-refractivity contribution is 6.30. The van der Waals surface area contributed by atoms with Crippen LogP contribution in [0, 0.1) is 5.82 Å². The molecule has 1 unspecified atom stereocenters. The molecule has 3 N–H and O–H groups in total. The second kappa shape index (κ2) is 6.56. The number of carbonyl (C=O) groups excluding carboxylic acids is 1. The van der Waals surface area contributed by atoms with Gasteiger partial charge in [0.15, 0.2) is 0 Å². The number of anilines is 1. The van der Waals surface area contributed by atoms with Gasteiger partial charge in [-0.2, -0.15) is 0 Å². The first-order valence-electron chi connectivity index (χ1n) is 6.06. The van der Waals surface area contributed by atoms with E-state index in [2.05, 4.69) is 10.6 Å². The number of halogens is 2. The third kappa shape index (κ3) is 4.09. The largest absolute Gasteiger partial charge is 0.480 e. The fourth-order valence-electron chi connectivity index (χ4n) is 1.72. The molecule has 0 heterocycles. The summed E-state index contributed by atoms with van der Waals surface area (Å²) in [7, 11) is 0. The Hall–Kier alpha value is -1.82. The van der Waals surface area contributed by atoms with Gasteiger partial charge in [-0.15, -0.1) is 0 Å². The summed E-state index contributed by atoms with van der Waals surface area (Å²) >= 11 is 5.60. The van der Waals surface area contributed by atoms with Gasteiger partial charge in [0, 0.05) is 5.02 Å². The lowest BCUT2D eigenvalue weighted by atomic mass is 9.97. The second-order valence-corrected chi connectivity index (χ2v) is 5.03. The van der Waals surface area contributed by atoms with Crippen LogP contribution in [0.3, 0.4) is 0 Å². The van der Waals surface area contributed by atoms with Crippen LogP contribution >= 0.6 is 11.6 Å². The number of aliphatic carboxylic acids is 1. The molecule has 0 radical (unpaired) electrons. The van der Waals surface area contributed by atoms with Crippen molar-refractivity contribution in [1.29, 1.82) is 0 Å². The summed E-state index contributed by atoms with van der Waals surface area (Å²) in [6.07, 6.45) is 0.844. The molecule has 1 aromatic carbocycles. The van der Waals surface area contributed by atoms with Crippen molar-refractivity contribution in [1.82, 2.24) is 5.32 Å². The summed E-state index contributed by atoms with van der Waals surface area (Å²) in [6, 6.07) is 2.99. The van der Waals surface area contributed by atoms with Gasteiger partial charge >= 0.3 is 12.0 Å². The summed E-state index contributed by atoms with van der Waals surface area (Å²) in [5.41, 5.74) is -1.47. The molecule has 110 valence electrons. The number of urea groups is 1. The van der Waals surface area contributed by atoms with Crippen molar-refractivity contribution in [2.75, 3.05) is 5.32 Å². The lowest BCUT2D eigenvalue weighted by Gasteiger charge is -2.25. The van der Waals surface area contributed by atoms with E-state index in [1.54, 1.807) is 6.92 Å². The van der Waals surface area contributed by atoms with E-state index in [9.17, 15) is 14.0 Å². The van der Waals surface area contributed by atoms with Crippen LogP contribution in [0.5, 0.6) is 0 Å². The SMILES string of the molecule is CCCC(C)(NC(=O)Nc1ccc(Cl)cc1F)C(=O)O. The van der Waals surface area contributed by atoms with Crippen LogP contribution in [0.4, 0.5) is 14.9 Å². The normalized spacial score (nSPS) is 13.4. The van der Waals surface area contributed by atoms with Gasteiger partial charge < -0.3 is 15.7 Å². The standard InChI is InChI=1S/C13H16ClFN2O3/c1-3-6-13(2,11(18)19)17-12(20)16-10-5-4-8(14)7-9(10)15/h4-5,7H,3,6H2,1-2H3,(H,18,19)(H2,16,17,20). The smallest absolute Gasteiger partial charge is 0.329 e. The molecule has 0 aliphatic carbocycles. The zero-order chi connectivity index (χ0) is 15.3. The molecular weight excluding hydrogens is 287 g/mol. The van der Waals surface area contributed by atoms with E-state index < -0.39 is 23.4 Å². The fraction of sp³-hybridized carbons (Fsp3) is 0.385. The molecule has 0 fully saturated rings. The van der Waals surface area contributed by atoms with Crippen LogP contribution in [-0.4, -0.2) is 22.6 Å². The number of carboxylic acid groups (broad SMARTS) is 1. The van der Waals surface area contributed by atoms with E-state index in [-0.39, 0.29) is 17.1 Å². The third-order valence-electron chi connectivity index (χ3n) is 2.79. The van der Waals surface area contributed by atoms with Crippen LogP contribution in [0.1, 0.15) is 26.7 Å². The minimum atomic E-state index is -1.40. The summed E-state index contributed by atoms with van der Waals surface area (Å²) in [5.74, 6) is -1.84. The number of carboxylic acids is 1. The minimum Gasteiger partial charge on any atom is -0.480 e. The predicted octanol–water partition coefficient (Wildman–Crippen LogP) is 3.24. The van der Waals surface area contributed by atoms with Gasteiger partial charge in [0.1, 0.15) is 11.4 Å². The van der Waals surface area contributed by atoms with Gasteiger partial charge in [-0.25, -0.2) is 14.0 Å². The van der Waals surface area contributed by atoms with Gasteiger partial charge in [0.25, 0.3) is 0 Å². The zero-order valence-corrected chi connectivity index (χ0v) is 11.9. The fourth-order valence-corrected chi connectivity index (χ4v) is 1.88. The molecular formula is C13H16ClFN2O3. The highest BCUT2D eigenvalue weighted by Gasteiger charge is 2.33. The van der Waals surface area contributed by atoms with Gasteiger partial charge in [0.05, 0.1) is 5.69 Å². The lowest BCUT2D eigenvalue weighted by molar-refractivity contribution is -0.143. The van der Waals surface area contributed by atoms with Crippen LogP contribution < -0.4 is 10.6 Å². The number of carbonyl (C=O) groups is 2. The quantitative estimate of drug-likeness (QED) is 0.781. The van der Waals surface area contributed by atoms with Crippen molar-refractivity contribution >= 4 is 29.3 Å². The summed E-state index contributed by atoms with van der Waals surface area (Å²) in [6.45, 7) is 3.20. The van der Waals surface area contributed by atoms with E-state index in [1.165, 1.54) is 19.1 Å². The molecule has 0 saturated carbocycles. The first-order valence-corrected chi connectivity index (χ1v) is 6.44. The highest BCUT2D eigenvalue weighted by Crippen LogP contribution is 2.19. The van der Waals surface area contributed by atoms with Gasteiger partial charge in [-0.3, -0.25) is 0 Å². The zero-order valence-electron chi connectivity index (χ0n) is 11.2. The average Bonchev–Trinajstić information content (AvgIpc) is 2.32. The lowest BCUT2D eigenvalue weighted by Crippen LogP contribution is -2.53. The van der Waals surface area contributed by atoms with Crippen molar-refractivity contribution < 1.29 is 19.1 Å². The Kier molecular flexibility index (Phi) is 5.33. The Morgan fingerprint density at radius 2 is 2.10 bits per heavy atom. The van der Waals surface area contributed by atoms with Gasteiger partial charge in [-0.1, -0.05) is 24.9 Å². The summed E-state index contributed by atoms with van der Waals surface area (Å²) in [5, 5.41) is 13.9. The Bertz CT molecular complexity index is 524. The topological polar surface area (TPSA) is 78.4 Å². The van der Waals surface area contributed by atoms with E-state index in [0.717, 1.165) is 6.07 Å². The molecule has 0 spiro atoms. The monoisotopic (exact) mass is 302 g/mol. The number of hydrogen-bond donors (Lipinski definition) is 3. The Morgan fingerprint density at radius 1 is 1.45 bits per heavy atom. The molecule has 1 rings (SSSR count). The number of amides is 2. The molecule has 0 aliphatic heterocycles. The predicted molar refractivity (Wildman–Crippen MR) is 74.5 cm³/mol. The highest BCUT2D eigenvalue weighted by atomic mass is 35.5. The summed E-state index contributed by atoms with van der Waals surface area (Å²) < 4.78 is 13.5. The number of benzene rings is 1. The van der Waals surface area contributed by atoms with E-state index >= 15 is 0 Å². The van der Waals surface area contributed by atoms with E-state index in [1.807, 2.05) is 0 Å². The molecule has 2 amide bonds. The number of nitrogens with one attached hydrogen (secondary N) is 2. The van der Waals surface area contributed by atoms with E-state index in [4.69, 9.17) is 16.7 Å². The van der Waals surface area contributed by atoms with Gasteiger partial charge in [0.2, 0.25) is 0 Å². The van der Waals surface area contributed by atoms with Crippen LogP contribution in [-0.2, 0) is 4.79 Å². The van der Waals surface area contributed by atoms with Crippen molar-refractivity contribution in [3.05, 3.63) is 29.0 Å². The minimum absolute atomic E-state index is 0.0730. The first kappa shape index (κ1) is 16.2. The molecule has 5 nitrogen and oxygen atoms in total. The molecule has 0 aliphatic rings. The number of rotatable bonds is 5. The molecule has 0 bridgehead atoms. The average molecular weight is 303 g/mol. The summed E-state index contributed by atoms with van der Waals surface area (Å²) in [4.78, 5) is 22.9.